The third kappa shape index (κ3) is 5.50. The van der Waals surface area contributed by atoms with Crippen LogP contribution in [0.15, 0.2) is 58.4 Å². The average Bonchev–Trinajstić information content (AvgIpc) is 3.07. The molecule has 154 valence electrons. The summed E-state index contributed by atoms with van der Waals surface area (Å²) in [4.78, 5) is 13.1. The van der Waals surface area contributed by atoms with Crippen LogP contribution in [0.4, 0.5) is 5.69 Å². The molecule has 30 heavy (non-hydrogen) atoms. The molecule has 4 nitrogen and oxygen atoms in total. The first-order valence-corrected chi connectivity index (χ1v) is 11.3. The Kier molecular flexibility index (Phi) is 7.67. The highest BCUT2D eigenvalue weighted by atomic mass is 79.9. The largest absolute Gasteiger partial charge is 0.479 e. The highest BCUT2D eigenvalue weighted by molar-refractivity contribution is 9.10. The standard InChI is InChI=1S/C24H23BrN2O2S/c1-4-7-18-13-17(14-20(25)22(18)29-12-5-2)15-21-23(28)27-24(30-21)26-19-10-8-16(6-3)9-11-19/h2,4,8-11,13-15,24,26H,1,6-7,12H2,3H3,(H,27,28)/b21-15-/t24-/m0/s1. The van der Waals surface area contributed by atoms with E-state index >= 15 is 0 Å². The fourth-order valence-corrected chi connectivity index (χ4v) is 4.66. The van der Waals surface area contributed by atoms with Gasteiger partial charge in [0.05, 0.1) is 9.38 Å². The summed E-state index contributed by atoms with van der Waals surface area (Å²) < 4.78 is 6.46. The van der Waals surface area contributed by atoms with E-state index in [1.54, 1.807) is 0 Å². The Morgan fingerprint density at radius 2 is 2.13 bits per heavy atom. The Bertz CT molecular complexity index is 1010. The third-order valence-electron chi connectivity index (χ3n) is 4.50. The minimum atomic E-state index is -0.217. The van der Waals surface area contributed by atoms with Crippen molar-refractivity contribution < 1.29 is 9.53 Å². The lowest BCUT2D eigenvalue weighted by Crippen LogP contribution is -2.30. The number of carbonyl (C=O) groups is 1. The van der Waals surface area contributed by atoms with Crippen LogP contribution in [0.2, 0.25) is 0 Å². The van der Waals surface area contributed by atoms with E-state index in [-0.39, 0.29) is 18.0 Å². The second-order valence-electron chi connectivity index (χ2n) is 6.65. The first kappa shape index (κ1) is 22.1. The Labute approximate surface area is 190 Å². The number of hydrogen-bond donors (Lipinski definition) is 2. The molecule has 0 aromatic heterocycles. The lowest BCUT2D eigenvalue weighted by atomic mass is 10.1. The lowest BCUT2D eigenvalue weighted by molar-refractivity contribution is -0.116. The first-order valence-electron chi connectivity index (χ1n) is 9.58. The molecule has 3 rings (SSSR count). The lowest BCUT2D eigenvalue weighted by Gasteiger charge is -2.13. The van der Waals surface area contributed by atoms with Crippen molar-refractivity contribution >= 4 is 45.4 Å². The van der Waals surface area contributed by atoms with Crippen molar-refractivity contribution in [1.82, 2.24) is 5.32 Å². The summed E-state index contributed by atoms with van der Waals surface area (Å²) in [5.41, 5.74) is 3.88. The summed E-state index contributed by atoms with van der Waals surface area (Å²) in [6.45, 7) is 6.12. The summed E-state index contributed by atoms with van der Waals surface area (Å²) in [5, 5.41) is 6.31. The first-order chi connectivity index (χ1) is 14.5. The van der Waals surface area contributed by atoms with E-state index in [4.69, 9.17) is 11.2 Å². The molecule has 1 aliphatic heterocycles. The number of benzene rings is 2. The van der Waals surface area contributed by atoms with Crippen LogP contribution in [0.3, 0.4) is 0 Å². The molecule has 1 amide bonds. The maximum absolute atomic E-state index is 12.5. The van der Waals surface area contributed by atoms with Crippen LogP contribution in [-0.4, -0.2) is 18.0 Å². The Morgan fingerprint density at radius 3 is 2.80 bits per heavy atom. The van der Waals surface area contributed by atoms with Crippen LogP contribution >= 0.6 is 27.7 Å². The molecule has 1 heterocycles. The molecule has 0 spiro atoms. The predicted octanol–water partition coefficient (Wildman–Crippen LogP) is 5.35. The van der Waals surface area contributed by atoms with Crippen molar-refractivity contribution in [3.63, 3.8) is 0 Å². The molecule has 1 saturated heterocycles. The summed E-state index contributed by atoms with van der Waals surface area (Å²) in [5.74, 6) is 3.08. The van der Waals surface area contributed by atoms with Crippen LogP contribution in [0.25, 0.3) is 6.08 Å². The number of allylic oxidation sites excluding steroid dienone is 1. The number of thioether (sulfide) groups is 1. The number of nitrogens with one attached hydrogen (secondary N) is 2. The molecular weight excluding hydrogens is 460 g/mol. The van der Waals surface area contributed by atoms with Gasteiger partial charge < -0.3 is 15.4 Å². The van der Waals surface area contributed by atoms with Gasteiger partial charge in [-0.05, 0) is 75.8 Å². The Hall–Kier alpha value is -2.62. The number of hydrogen-bond acceptors (Lipinski definition) is 4. The van der Waals surface area contributed by atoms with Crippen LogP contribution in [0.5, 0.6) is 5.75 Å². The van der Waals surface area contributed by atoms with E-state index in [2.05, 4.69) is 58.1 Å². The van der Waals surface area contributed by atoms with Crippen molar-refractivity contribution in [2.45, 2.75) is 25.3 Å². The van der Waals surface area contributed by atoms with E-state index in [0.29, 0.717) is 17.1 Å². The van der Waals surface area contributed by atoms with Crippen LogP contribution in [0.1, 0.15) is 23.6 Å². The Morgan fingerprint density at radius 1 is 1.37 bits per heavy atom. The number of rotatable bonds is 8. The second kappa shape index (κ2) is 10.4. The number of terminal acetylenes is 1. The van der Waals surface area contributed by atoms with Crippen molar-refractivity contribution in [3.8, 4) is 18.1 Å². The fraction of sp³-hybridized carbons (Fsp3) is 0.208. The van der Waals surface area contributed by atoms with Gasteiger partial charge in [0.2, 0.25) is 0 Å². The molecule has 6 heteroatoms. The molecule has 0 saturated carbocycles. The number of carbonyl (C=O) groups excluding carboxylic acids is 1. The highest BCUT2D eigenvalue weighted by Crippen LogP contribution is 2.35. The van der Waals surface area contributed by atoms with Gasteiger partial charge >= 0.3 is 0 Å². The van der Waals surface area contributed by atoms with Crippen molar-refractivity contribution in [2.24, 2.45) is 0 Å². The van der Waals surface area contributed by atoms with Crippen molar-refractivity contribution in [2.75, 3.05) is 11.9 Å². The monoisotopic (exact) mass is 482 g/mol. The maximum Gasteiger partial charge on any atom is 0.260 e. The number of halogens is 1. The summed E-state index contributed by atoms with van der Waals surface area (Å²) in [6.07, 6.45) is 10.6. The molecule has 0 radical (unpaired) electrons. The maximum atomic E-state index is 12.5. The Balaban J connectivity index is 1.77. The van der Waals surface area contributed by atoms with Gasteiger partial charge in [-0.3, -0.25) is 4.79 Å². The van der Waals surface area contributed by atoms with E-state index < -0.39 is 0 Å². The second-order valence-corrected chi connectivity index (χ2v) is 8.65. The molecule has 1 aliphatic rings. The highest BCUT2D eigenvalue weighted by Gasteiger charge is 2.27. The number of amides is 1. The quantitative estimate of drug-likeness (QED) is 0.302. The minimum absolute atomic E-state index is 0.100. The zero-order valence-electron chi connectivity index (χ0n) is 16.7. The predicted molar refractivity (Wildman–Crippen MR) is 129 cm³/mol. The summed E-state index contributed by atoms with van der Waals surface area (Å²) >= 11 is 5.01. The average molecular weight is 483 g/mol. The zero-order chi connectivity index (χ0) is 21.5. The van der Waals surface area contributed by atoms with E-state index in [1.807, 2.05) is 36.4 Å². The van der Waals surface area contributed by atoms with E-state index in [9.17, 15) is 4.79 Å². The minimum Gasteiger partial charge on any atom is -0.479 e. The molecular formula is C24H23BrN2O2S. The number of anilines is 1. The third-order valence-corrected chi connectivity index (χ3v) is 6.11. The van der Waals surface area contributed by atoms with Gasteiger partial charge in [0, 0.05) is 5.69 Å². The van der Waals surface area contributed by atoms with Gasteiger partial charge in [0.1, 0.15) is 12.4 Å². The summed E-state index contributed by atoms with van der Waals surface area (Å²) in [7, 11) is 0. The zero-order valence-corrected chi connectivity index (χ0v) is 19.1. The van der Waals surface area contributed by atoms with Crippen LogP contribution in [-0.2, 0) is 17.6 Å². The van der Waals surface area contributed by atoms with Gasteiger partial charge in [-0.2, -0.15) is 0 Å². The van der Waals surface area contributed by atoms with Gasteiger partial charge in [0.15, 0.2) is 5.50 Å². The fourth-order valence-electron chi connectivity index (χ4n) is 3.04. The number of aryl methyl sites for hydroxylation is 1. The van der Waals surface area contributed by atoms with E-state index in [0.717, 1.165) is 27.7 Å². The molecule has 0 aliphatic carbocycles. The normalized spacial score (nSPS) is 16.8. The molecule has 1 fully saturated rings. The van der Waals surface area contributed by atoms with Gasteiger partial charge in [-0.25, -0.2) is 0 Å². The molecule has 2 aromatic carbocycles. The van der Waals surface area contributed by atoms with Gasteiger partial charge in [-0.15, -0.1) is 13.0 Å². The van der Waals surface area contributed by atoms with Gasteiger partial charge in [0.25, 0.3) is 5.91 Å². The topological polar surface area (TPSA) is 50.4 Å². The molecule has 2 N–H and O–H groups in total. The molecule has 0 unspecified atom stereocenters. The van der Waals surface area contributed by atoms with Crippen molar-refractivity contribution in [3.05, 3.63) is 75.1 Å². The van der Waals surface area contributed by atoms with Crippen LogP contribution in [0, 0.1) is 12.3 Å². The molecule has 0 bridgehead atoms. The molecule has 2 aromatic rings. The number of ether oxygens (including phenoxy) is 1. The van der Waals surface area contributed by atoms with E-state index in [1.165, 1.54) is 17.3 Å². The SMILES string of the molecule is C#CCOc1c(Br)cc(/C=C2\S[C@@H](Nc3ccc(CC)cc3)NC2=O)cc1CC=C. The smallest absolute Gasteiger partial charge is 0.260 e. The van der Waals surface area contributed by atoms with Crippen molar-refractivity contribution in [1.29, 1.82) is 0 Å². The molecule has 1 atom stereocenters. The van der Waals surface area contributed by atoms with Crippen LogP contribution < -0.4 is 15.4 Å². The summed E-state index contributed by atoms with van der Waals surface area (Å²) in [6, 6.07) is 12.1. The van der Waals surface area contributed by atoms with Gasteiger partial charge in [-0.1, -0.05) is 42.8 Å².